The summed E-state index contributed by atoms with van der Waals surface area (Å²) in [5, 5.41) is 4.34. The molecule has 0 amide bonds. The van der Waals surface area contributed by atoms with E-state index in [4.69, 9.17) is 5.73 Å². The lowest BCUT2D eigenvalue weighted by molar-refractivity contribution is 0.454. The minimum Gasteiger partial charge on any atom is -0.326 e. The number of hydrogen-bond donors (Lipinski definition) is 1. The third kappa shape index (κ3) is 2.44. The molecular weight excluding hydrogens is 313 g/mol. The minimum absolute atomic E-state index is 0.0260. The van der Waals surface area contributed by atoms with Crippen molar-refractivity contribution in [3.05, 3.63) is 51.9 Å². The van der Waals surface area contributed by atoms with Crippen molar-refractivity contribution in [2.75, 3.05) is 0 Å². The summed E-state index contributed by atoms with van der Waals surface area (Å²) >= 11 is 2.25. The van der Waals surface area contributed by atoms with Gasteiger partial charge in [0, 0.05) is 12.2 Å². The Labute approximate surface area is 109 Å². The molecule has 0 aliphatic rings. The maximum Gasteiger partial charge on any atom is 0.0916 e. The van der Waals surface area contributed by atoms with Crippen LogP contribution in [0.5, 0.6) is 0 Å². The predicted octanol–water partition coefficient (Wildman–Crippen LogP) is 2.42. The Kier molecular flexibility index (Phi) is 3.60. The summed E-state index contributed by atoms with van der Waals surface area (Å²) in [6.45, 7) is 2.01. The summed E-state index contributed by atoms with van der Waals surface area (Å²) in [6, 6.07) is 10.4. The molecule has 2 aromatic rings. The fourth-order valence-electron chi connectivity index (χ4n) is 1.81. The van der Waals surface area contributed by atoms with Gasteiger partial charge in [0.25, 0.3) is 0 Å². The van der Waals surface area contributed by atoms with Gasteiger partial charge in [0.15, 0.2) is 0 Å². The highest BCUT2D eigenvalue weighted by atomic mass is 127. The highest BCUT2D eigenvalue weighted by Crippen LogP contribution is 2.20. The topological polar surface area (TPSA) is 43.8 Å². The molecule has 0 fully saturated rings. The van der Waals surface area contributed by atoms with Crippen molar-refractivity contribution in [2.24, 2.45) is 5.73 Å². The molecule has 1 aromatic heterocycles. The molecule has 0 aliphatic heterocycles. The zero-order chi connectivity index (χ0) is 11.5. The maximum atomic E-state index is 6.05. The summed E-state index contributed by atoms with van der Waals surface area (Å²) in [5.74, 6) is 0. The van der Waals surface area contributed by atoms with Gasteiger partial charge in [-0.15, -0.1) is 0 Å². The van der Waals surface area contributed by atoms with Crippen LogP contribution >= 0.6 is 22.6 Å². The number of nitrogens with two attached hydrogens (primary N) is 1. The minimum atomic E-state index is 0.0260. The highest BCUT2D eigenvalue weighted by molar-refractivity contribution is 14.1. The van der Waals surface area contributed by atoms with Gasteiger partial charge in [0.05, 0.1) is 15.8 Å². The van der Waals surface area contributed by atoms with Gasteiger partial charge in [-0.3, -0.25) is 4.68 Å². The first-order chi connectivity index (χ1) is 7.68. The van der Waals surface area contributed by atoms with Crippen LogP contribution in [0.1, 0.15) is 18.5 Å². The molecule has 2 rings (SSSR count). The SMILES string of the molecule is CC(N)C(c1ccccc1)n1cc(I)cn1. The second-order valence-electron chi connectivity index (χ2n) is 3.85. The highest BCUT2D eigenvalue weighted by Gasteiger charge is 2.18. The van der Waals surface area contributed by atoms with E-state index in [0.717, 1.165) is 3.57 Å². The van der Waals surface area contributed by atoms with Gasteiger partial charge in [0.1, 0.15) is 0 Å². The molecule has 0 radical (unpaired) electrons. The Balaban J connectivity index is 2.39. The molecule has 84 valence electrons. The molecule has 3 nitrogen and oxygen atoms in total. The number of benzene rings is 1. The first-order valence-electron chi connectivity index (χ1n) is 5.18. The van der Waals surface area contributed by atoms with Gasteiger partial charge in [-0.05, 0) is 35.1 Å². The van der Waals surface area contributed by atoms with E-state index in [1.54, 1.807) is 0 Å². The molecule has 1 aromatic carbocycles. The Morgan fingerprint density at radius 3 is 2.50 bits per heavy atom. The van der Waals surface area contributed by atoms with Crippen molar-refractivity contribution in [3.63, 3.8) is 0 Å². The lowest BCUT2D eigenvalue weighted by Gasteiger charge is -2.21. The largest absolute Gasteiger partial charge is 0.326 e. The second-order valence-corrected chi connectivity index (χ2v) is 5.10. The Bertz CT molecular complexity index is 450. The average Bonchev–Trinajstić information content (AvgIpc) is 2.66. The summed E-state index contributed by atoms with van der Waals surface area (Å²) in [6.07, 6.45) is 3.86. The Morgan fingerprint density at radius 2 is 2.00 bits per heavy atom. The van der Waals surface area contributed by atoms with Crippen molar-refractivity contribution in [2.45, 2.75) is 19.0 Å². The molecule has 0 bridgehead atoms. The van der Waals surface area contributed by atoms with E-state index in [9.17, 15) is 0 Å². The summed E-state index contributed by atoms with van der Waals surface area (Å²) < 4.78 is 3.06. The number of rotatable bonds is 3. The van der Waals surface area contributed by atoms with E-state index in [1.165, 1.54) is 5.56 Å². The summed E-state index contributed by atoms with van der Waals surface area (Å²) in [5.41, 5.74) is 7.24. The van der Waals surface area contributed by atoms with E-state index in [2.05, 4.69) is 39.8 Å². The monoisotopic (exact) mass is 327 g/mol. The van der Waals surface area contributed by atoms with Crippen molar-refractivity contribution in [1.82, 2.24) is 9.78 Å². The molecule has 1 heterocycles. The molecule has 0 spiro atoms. The van der Waals surface area contributed by atoms with Gasteiger partial charge in [0.2, 0.25) is 0 Å². The zero-order valence-corrected chi connectivity index (χ0v) is 11.2. The fraction of sp³-hybridized carbons (Fsp3) is 0.250. The molecule has 2 unspecified atom stereocenters. The van der Waals surface area contributed by atoms with Crippen LogP contribution in [0.3, 0.4) is 0 Å². The van der Waals surface area contributed by atoms with Crippen LogP contribution in [0.15, 0.2) is 42.7 Å². The maximum absolute atomic E-state index is 6.05. The Morgan fingerprint density at radius 1 is 1.31 bits per heavy atom. The fourth-order valence-corrected chi connectivity index (χ4v) is 2.22. The molecular formula is C12H14IN3. The molecule has 16 heavy (non-hydrogen) atoms. The first-order valence-corrected chi connectivity index (χ1v) is 6.26. The number of nitrogens with zero attached hydrogens (tertiary/aromatic N) is 2. The van der Waals surface area contributed by atoms with Crippen LogP contribution in [-0.2, 0) is 0 Å². The van der Waals surface area contributed by atoms with E-state index >= 15 is 0 Å². The number of halogens is 1. The Hall–Kier alpha value is -0.880. The van der Waals surface area contributed by atoms with E-state index < -0.39 is 0 Å². The lowest BCUT2D eigenvalue weighted by atomic mass is 10.0. The quantitative estimate of drug-likeness (QED) is 0.880. The van der Waals surface area contributed by atoms with Gasteiger partial charge in [-0.2, -0.15) is 5.10 Å². The zero-order valence-electron chi connectivity index (χ0n) is 9.05. The van der Waals surface area contributed by atoms with E-state index in [0.29, 0.717) is 0 Å². The van der Waals surface area contributed by atoms with Crippen LogP contribution in [0.25, 0.3) is 0 Å². The van der Waals surface area contributed by atoms with Crippen LogP contribution in [-0.4, -0.2) is 15.8 Å². The molecule has 2 atom stereocenters. The van der Waals surface area contributed by atoms with Crippen LogP contribution in [0.4, 0.5) is 0 Å². The standard InChI is InChI=1S/C12H14IN3/c1-9(14)12(10-5-3-2-4-6-10)16-8-11(13)7-15-16/h2-9,12H,14H2,1H3. The first kappa shape index (κ1) is 11.6. The third-order valence-electron chi connectivity index (χ3n) is 2.49. The number of hydrogen-bond acceptors (Lipinski definition) is 2. The molecule has 0 saturated heterocycles. The van der Waals surface area contributed by atoms with Gasteiger partial charge in [-0.1, -0.05) is 30.3 Å². The van der Waals surface area contributed by atoms with Gasteiger partial charge >= 0.3 is 0 Å². The van der Waals surface area contributed by atoms with Gasteiger partial charge < -0.3 is 5.73 Å². The van der Waals surface area contributed by atoms with Crippen molar-refractivity contribution < 1.29 is 0 Å². The average molecular weight is 327 g/mol. The lowest BCUT2D eigenvalue weighted by Crippen LogP contribution is -2.30. The molecule has 2 N–H and O–H groups in total. The second kappa shape index (κ2) is 4.97. The predicted molar refractivity (Wildman–Crippen MR) is 73.2 cm³/mol. The van der Waals surface area contributed by atoms with Crippen molar-refractivity contribution >= 4 is 22.6 Å². The van der Waals surface area contributed by atoms with Crippen LogP contribution < -0.4 is 5.73 Å². The molecule has 0 aliphatic carbocycles. The van der Waals surface area contributed by atoms with Crippen molar-refractivity contribution in [3.8, 4) is 0 Å². The van der Waals surface area contributed by atoms with Gasteiger partial charge in [-0.25, -0.2) is 0 Å². The summed E-state index contributed by atoms with van der Waals surface area (Å²) in [7, 11) is 0. The molecule has 4 heteroatoms. The van der Waals surface area contributed by atoms with Crippen LogP contribution in [0, 0.1) is 3.57 Å². The van der Waals surface area contributed by atoms with Crippen molar-refractivity contribution in [1.29, 1.82) is 0 Å². The van der Waals surface area contributed by atoms with E-state index in [-0.39, 0.29) is 12.1 Å². The normalized spacial score (nSPS) is 14.7. The smallest absolute Gasteiger partial charge is 0.0916 e. The van der Waals surface area contributed by atoms with E-state index in [1.807, 2.05) is 42.2 Å². The third-order valence-corrected chi connectivity index (χ3v) is 3.05. The number of aromatic nitrogens is 2. The van der Waals surface area contributed by atoms with Crippen LogP contribution in [0.2, 0.25) is 0 Å². The summed E-state index contributed by atoms with van der Waals surface area (Å²) in [4.78, 5) is 0. The molecule has 0 saturated carbocycles.